The lowest BCUT2D eigenvalue weighted by Crippen LogP contribution is -2.07. The van der Waals surface area contributed by atoms with E-state index in [1.54, 1.807) is 24.3 Å². The summed E-state index contributed by atoms with van der Waals surface area (Å²) in [6.07, 6.45) is 0. The van der Waals surface area contributed by atoms with Crippen molar-refractivity contribution in [2.45, 2.75) is 0 Å². The molecule has 3 nitrogen and oxygen atoms in total. The van der Waals surface area contributed by atoms with Gasteiger partial charge in [-0.1, -0.05) is 12.1 Å². The Morgan fingerprint density at radius 3 is 2.64 bits per heavy atom. The summed E-state index contributed by atoms with van der Waals surface area (Å²) in [7, 11) is 1.44. The van der Waals surface area contributed by atoms with Crippen LogP contribution in [0.5, 0.6) is 5.75 Å². The number of methoxy groups -OCH3 is 1. The van der Waals surface area contributed by atoms with Crippen molar-refractivity contribution in [2.75, 3.05) is 12.8 Å². The number of nitrogen functional groups attached to an aromatic ring is 1. The normalized spacial score (nSPS) is 9.18. The molecule has 0 aliphatic heterocycles. The highest BCUT2D eigenvalue weighted by molar-refractivity contribution is 5.41. The van der Waals surface area contributed by atoms with Crippen LogP contribution < -0.4 is 15.9 Å². The maximum Gasteiger partial charge on any atom is 0.243 e. The lowest BCUT2D eigenvalue weighted by Gasteiger charge is -1.91. The molecule has 2 N–H and O–H groups in total. The fraction of sp³-hybridized carbons (Fsp3) is 0.125. The van der Waals surface area contributed by atoms with E-state index in [0.29, 0.717) is 0 Å². The molecule has 0 saturated carbocycles. The smallest absolute Gasteiger partial charge is 0.243 e. The highest BCUT2D eigenvalue weighted by Gasteiger charge is 1.97. The van der Waals surface area contributed by atoms with Crippen LogP contribution in [-0.4, -0.2) is 7.11 Å². The van der Waals surface area contributed by atoms with Gasteiger partial charge in [-0.2, -0.15) is 0 Å². The van der Waals surface area contributed by atoms with Gasteiger partial charge < -0.3 is 10.5 Å². The predicted molar refractivity (Wildman–Crippen MR) is 43.7 cm³/mol. The molecular formula is C8H9NO2. The minimum atomic E-state index is -0.266. The Morgan fingerprint density at radius 1 is 1.36 bits per heavy atom. The molecule has 1 rings (SSSR count). The van der Waals surface area contributed by atoms with Crippen LogP contribution >= 0.6 is 0 Å². The third-order valence-electron chi connectivity index (χ3n) is 1.34. The average molecular weight is 151 g/mol. The standard InChI is InChI=1S/C8H9NO2/c1-11-7-5-3-2-4-6(9)8(7)10/h2-5H,1H3,(H2,9,10). The molecule has 0 aliphatic carbocycles. The zero-order valence-electron chi connectivity index (χ0n) is 6.20. The Bertz CT molecular complexity index is 309. The molecule has 0 atom stereocenters. The summed E-state index contributed by atoms with van der Waals surface area (Å²) in [5.41, 5.74) is 5.32. The first-order chi connectivity index (χ1) is 5.25. The van der Waals surface area contributed by atoms with E-state index in [9.17, 15) is 4.79 Å². The Kier molecular flexibility index (Phi) is 2.11. The minimum absolute atomic E-state index is 0.201. The van der Waals surface area contributed by atoms with Gasteiger partial charge in [-0.15, -0.1) is 0 Å². The number of hydrogen-bond acceptors (Lipinski definition) is 3. The molecular weight excluding hydrogens is 142 g/mol. The molecule has 0 amide bonds. The lowest BCUT2D eigenvalue weighted by atomic mass is 10.4. The highest BCUT2D eigenvalue weighted by Crippen LogP contribution is 2.02. The van der Waals surface area contributed by atoms with Gasteiger partial charge in [0.25, 0.3) is 0 Å². The van der Waals surface area contributed by atoms with E-state index in [2.05, 4.69) is 0 Å². The van der Waals surface area contributed by atoms with Crippen molar-refractivity contribution in [3.8, 4) is 5.75 Å². The topological polar surface area (TPSA) is 52.3 Å². The van der Waals surface area contributed by atoms with Crippen LogP contribution in [0.25, 0.3) is 0 Å². The SMILES string of the molecule is COc1ccccc(N)c1=O. The Hall–Kier alpha value is -1.51. The van der Waals surface area contributed by atoms with Crippen LogP contribution in [0.2, 0.25) is 0 Å². The van der Waals surface area contributed by atoms with Gasteiger partial charge in [-0.25, -0.2) is 0 Å². The van der Waals surface area contributed by atoms with Gasteiger partial charge in [0.15, 0.2) is 5.75 Å². The summed E-state index contributed by atoms with van der Waals surface area (Å²) < 4.78 is 4.79. The van der Waals surface area contributed by atoms with Gasteiger partial charge in [0, 0.05) is 0 Å². The summed E-state index contributed by atoms with van der Waals surface area (Å²) in [5.74, 6) is 0.271. The number of rotatable bonds is 1. The third kappa shape index (κ3) is 1.49. The fourth-order valence-electron chi connectivity index (χ4n) is 0.757. The monoisotopic (exact) mass is 151 g/mol. The second-order valence-electron chi connectivity index (χ2n) is 2.07. The third-order valence-corrected chi connectivity index (χ3v) is 1.34. The first-order valence-electron chi connectivity index (χ1n) is 3.18. The van der Waals surface area contributed by atoms with Crippen molar-refractivity contribution in [2.24, 2.45) is 0 Å². The molecule has 0 spiro atoms. The molecule has 58 valence electrons. The Balaban J connectivity index is 3.42. The van der Waals surface area contributed by atoms with Crippen LogP contribution in [0.4, 0.5) is 5.69 Å². The van der Waals surface area contributed by atoms with E-state index in [-0.39, 0.29) is 16.9 Å². The van der Waals surface area contributed by atoms with Crippen molar-refractivity contribution < 1.29 is 4.74 Å². The first-order valence-corrected chi connectivity index (χ1v) is 3.18. The maximum absolute atomic E-state index is 11.1. The minimum Gasteiger partial charge on any atom is -0.493 e. The molecule has 0 bridgehead atoms. The Morgan fingerprint density at radius 2 is 2.00 bits per heavy atom. The van der Waals surface area contributed by atoms with Crippen LogP contribution in [0.15, 0.2) is 29.1 Å². The predicted octanol–water partition coefficient (Wildman–Crippen LogP) is 0.638. The van der Waals surface area contributed by atoms with Crippen molar-refractivity contribution in [1.29, 1.82) is 0 Å². The summed E-state index contributed by atoms with van der Waals surface area (Å²) in [4.78, 5) is 11.1. The number of ether oxygens (including phenoxy) is 1. The zero-order chi connectivity index (χ0) is 8.27. The van der Waals surface area contributed by atoms with Crippen molar-refractivity contribution >= 4 is 5.69 Å². The molecule has 0 fully saturated rings. The molecule has 1 aromatic rings. The van der Waals surface area contributed by atoms with E-state index in [1.165, 1.54) is 7.11 Å². The molecule has 1 aromatic carbocycles. The van der Waals surface area contributed by atoms with E-state index < -0.39 is 0 Å². The van der Waals surface area contributed by atoms with E-state index in [4.69, 9.17) is 10.5 Å². The summed E-state index contributed by atoms with van der Waals surface area (Å²) >= 11 is 0. The molecule has 0 heterocycles. The second-order valence-corrected chi connectivity index (χ2v) is 2.07. The van der Waals surface area contributed by atoms with Crippen LogP contribution in [-0.2, 0) is 0 Å². The van der Waals surface area contributed by atoms with Gasteiger partial charge in [-0.05, 0) is 12.1 Å². The lowest BCUT2D eigenvalue weighted by molar-refractivity contribution is 0.411. The van der Waals surface area contributed by atoms with Gasteiger partial charge in [0.05, 0.1) is 12.8 Å². The summed E-state index contributed by atoms with van der Waals surface area (Å²) in [5, 5.41) is 0. The second kappa shape index (κ2) is 3.05. The first kappa shape index (κ1) is 7.60. The van der Waals surface area contributed by atoms with Gasteiger partial charge >= 0.3 is 0 Å². The zero-order valence-corrected chi connectivity index (χ0v) is 6.20. The van der Waals surface area contributed by atoms with Crippen LogP contribution in [0.1, 0.15) is 0 Å². The Labute approximate surface area is 64.4 Å². The van der Waals surface area contributed by atoms with E-state index >= 15 is 0 Å². The highest BCUT2D eigenvalue weighted by atomic mass is 16.5. The van der Waals surface area contributed by atoms with Crippen molar-refractivity contribution in [3.05, 3.63) is 34.5 Å². The largest absolute Gasteiger partial charge is 0.493 e. The molecule has 11 heavy (non-hydrogen) atoms. The van der Waals surface area contributed by atoms with Crippen LogP contribution in [0, 0.1) is 0 Å². The number of anilines is 1. The van der Waals surface area contributed by atoms with Gasteiger partial charge in [0.2, 0.25) is 5.43 Å². The molecule has 0 saturated heterocycles. The molecule has 0 aliphatic rings. The van der Waals surface area contributed by atoms with Crippen LogP contribution in [0.3, 0.4) is 0 Å². The molecule has 0 unspecified atom stereocenters. The summed E-state index contributed by atoms with van der Waals surface area (Å²) in [6.45, 7) is 0. The van der Waals surface area contributed by atoms with Gasteiger partial charge in [-0.3, -0.25) is 4.79 Å². The van der Waals surface area contributed by atoms with Crippen molar-refractivity contribution in [1.82, 2.24) is 0 Å². The number of nitrogens with two attached hydrogens (primary N) is 1. The van der Waals surface area contributed by atoms with Crippen molar-refractivity contribution in [3.63, 3.8) is 0 Å². The summed E-state index contributed by atoms with van der Waals surface area (Å²) in [6, 6.07) is 6.53. The fourth-order valence-corrected chi connectivity index (χ4v) is 0.757. The van der Waals surface area contributed by atoms with Gasteiger partial charge in [0.1, 0.15) is 0 Å². The molecule has 0 aromatic heterocycles. The average Bonchev–Trinajstić information content (AvgIpc) is 2.16. The maximum atomic E-state index is 11.1. The quantitative estimate of drug-likeness (QED) is 0.640. The van der Waals surface area contributed by atoms with E-state index in [0.717, 1.165) is 0 Å². The van der Waals surface area contributed by atoms with E-state index in [1.807, 2.05) is 0 Å². The molecule has 0 radical (unpaired) electrons. The molecule has 3 heteroatoms. The number of hydrogen-bond donors (Lipinski definition) is 1.